The van der Waals surface area contributed by atoms with E-state index in [1.165, 1.54) is 0 Å². The van der Waals surface area contributed by atoms with Crippen molar-refractivity contribution >= 4 is 39.1 Å². The Hall–Kier alpha value is -2.67. The van der Waals surface area contributed by atoms with Gasteiger partial charge in [-0.3, -0.25) is 9.59 Å². The van der Waals surface area contributed by atoms with Crippen LogP contribution in [0.2, 0.25) is 0 Å². The second-order valence-electron chi connectivity index (χ2n) is 5.86. The number of rotatable bonds is 8. The van der Waals surface area contributed by atoms with Gasteiger partial charge in [0.15, 0.2) is 6.61 Å². The number of hydrazone groups is 1. The van der Waals surface area contributed by atoms with Crippen molar-refractivity contribution in [2.45, 2.75) is 26.7 Å². The fourth-order valence-corrected chi connectivity index (χ4v) is 2.55. The van der Waals surface area contributed by atoms with E-state index in [-0.39, 0.29) is 18.9 Å². The molecule has 0 spiro atoms. The van der Waals surface area contributed by atoms with Gasteiger partial charge in [0.1, 0.15) is 5.75 Å². The summed E-state index contributed by atoms with van der Waals surface area (Å²) in [5.74, 6) is 0.00883. The zero-order valence-electron chi connectivity index (χ0n) is 15.3. The van der Waals surface area contributed by atoms with Crippen LogP contribution in [-0.2, 0) is 16.0 Å². The maximum atomic E-state index is 12.1. The van der Waals surface area contributed by atoms with Crippen molar-refractivity contribution < 1.29 is 14.3 Å². The van der Waals surface area contributed by atoms with E-state index in [2.05, 4.69) is 31.8 Å². The van der Waals surface area contributed by atoms with Gasteiger partial charge in [-0.15, -0.1) is 0 Å². The largest absolute Gasteiger partial charge is 0.484 e. The first-order valence-electron chi connectivity index (χ1n) is 8.56. The highest BCUT2D eigenvalue weighted by molar-refractivity contribution is 9.10. The lowest BCUT2D eigenvalue weighted by Crippen LogP contribution is -2.26. The summed E-state index contributed by atoms with van der Waals surface area (Å²) in [7, 11) is 0. The number of nitrogens with zero attached hydrogens (tertiary/aromatic N) is 1. The lowest BCUT2D eigenvalue weighted by Gasteiger charge is -2.09. The summed E-state index contributed by atoms with van der Waals surface area (Å²) in [5.41, 5.74) is 4.75. The van der Waals surface area contributed by atoms with E-state index >= 15 is 0 Å². The van der Waals surface area contributed by atoms with Crippen LogP contribution in [0.15, 0.2) is 58.1 Å². The molecule has 0 aliphatic heterocycles. The summed E-state index contributed by atoms with van der Waals surface area (Å²) in [4.78, 5) is 23.9. The summed E-state index contributed by atoms with van der Waals surface area (Å²) in [6.07, 6.45) is 0.920. The molecule has 0 atom stereocenters. The van der Waals surface area contributed by atoms with Crippen molar-refractivity contribution in [2.24, 2.45) is 5.10 Å². The van der Waals surface area contributed by atoms with E-state index in [9.17, 15) is 9.59 Å². The number of halogens is 1. The molecule has 0 unspecified atom stereocenters. The van der Waals surface area contributed by atoms with Crippen LogP contribution in [-0.4, -0.2) is 24.1 Å². The Balaban J connectivity index is 1.78. The Bertz CT molecular complexity index is 819. The first-order chi connectivity index (χ1) is 13.0. The standard InChI is InChI=1S/C20H22BrN3O3/c1-3-15-6-4-5-7-18(15)22-19(25)12-14(2)23-24-20(26)13-27-17-10-8-16(21)9-11-17/h4-11H,3,12-13H2,1-2H3,(H,22,25)(H,24,26)/b23-14-. The quantitative estimate of drug-likeness (QED) is 0.490. The third-order valence-electron chi connectivity index (χ3n) is 3.64. The Morgan fingerprint density at radius 2 is 1.78 bits per heavy atom. The fraction of sp³-hybridized carbons (Fsp3) is 0.250. The van der Waals surface area contributed by atoms with Crippen LogP contribution in [0.4, 0.5) is 5.69 Å². The summed E-state index contributed by atoms with van der Waals surface area (Å²) >= 11 is 3.33. The smallest absolute Gasteiger partial charge is 0.277 e. The first-order valence-corrected chi connectivity index (χ1v) is 9.35. The molecule has 2 rings (SSSR count). The highest BCUT2D eigenvalue weighted by Crippen LogP contribution is 2.16. The van der Waals surface area contributed by atoms with Crippen molar-refractivity contribution in [3.05, 3.63) is 58.6 Å². The summed E-state index contributed by atoms with van der Waals surface area (Å²) in [5, 5.41) is 6.81. The monoisotopic (exact) mass is 431 g/mol. The van der Waals surface area contributed by atoms with Gasteiger partial charge < -0.3 is 10.1 Å². The van der Waals surface area contributed by atoms with E-state index < -0.39 is 5.91 Å². The molecule has 7 heteroatoms. The number of ether oxygens (including phenoxy) is 1. The number of anilines is 1. The highest BCUT2D eigenvalue weighted by atomic mass is 79.9. The Morgan fingerprint density at radius 1 is 1.07 bits per heavy atom. The van der Waals surface area contributed by atoms with Gasteiger partial charge in [-0.2, -0.15) is 5.10 Å². The molecule has 2 amide bonds. The van der Waals surface area contributed by atoms with E-state index in [1.54, 1.807) is 19.1 Å². The number of carbonyl (C=O) groups is 2. The second-order valence-corrected chi connectivity index (χ2v) is 6.78. The molecule has 0 aliphatic carbocycles. The topological polar surface area (TPSA) is 79.8 Å². The van der Waals surface area contributed by atoms with Crippen molar-refractivity contribution in [3.63, 3.8) is 0 Å². The van der Waals surface area contributed by atoms with Gasteiger partial charge in [0.05, 0.1) is 6.42 Å². The molecule has 2 aromatic carbocycles. The van der Waals surface area contributed by atoms with Crippen molar-refractivity contribution in [1.82, 2.24) is 5.43 Å². The number of benzene rings is 2. The van der Waals surface area contributed by atoms with Crippen LogP contribution in [0, 0.1) is 0 Å². The summed E-state index contributed by atoms with van der Waals surface area (Å²) in [6, 6.07) is 14.8. The zero-order chi connectivity index (χ0) is 19.6. The average molecular weight is 432 g/mol. The third kappa shape index (κ3) is 7.22. The molecule has 2 N–H and O–H groups in total. The Morgan fingerprint density at radius 3 is 2.48 bits per heavy atom. The number of hydrogen-bond acceptors (Lipinski definition) is 4. The first kappa shape index (κ1) is 20.6. The van der Waals surface area contributed by atoms with Crippen LogP contribution >= 0.6 is 15.9 Å². The lowest BCUT2D eigenvalue weighted by molar-refractivity contribution is -0.123. The van der Waals surface area contributed by atoms with Crippen molar-refractivity contribution in [3.8, 4) is 5.75 Å². The van der Waals surface area contributed by atoms with Gasteiger partial charge in [-0.25, -0.2) is 5.43 Å². The number of aryl methyl sites for hydroxylation is 1. The zero-order valence-corrected chi connectivity index (χ0v) is 16.9. The fourth-order valence-electron chi connectivity index (χ4n) is 2.29. The van der Waals surface area contributed by atoms with Crippen LogP contribution in [0.5, 0.6) is 5.75 Å². The molecule has 0 fully saturated rings. The number of carbonyl (C=O) groups excluding carboxylic acids is 2. The van der Waals surface area contributed by atoms with E-state index in [0.29, 0.717) is 11.5 Å². The maximum Gasteiger partial charge on any atom is 0.277 e. The molecule has 0 radical (unpaired) electrons. The molecule has 27 heavy (non-hydrogen) atoms. The van der Waals surface area contributed by atoms with Crippen molar-refractivity contribution in [1.29, 1.82) is 0 Å². The molecule has 6 nitrogen and oxygen atoms in total. The molecule has 2 aromatic rings. The molecular formula is C20H22BrN3O3. The van der Waals surface area contributed by atoms with Crippen LogP contribution in [0.3, 0.4) is 0 Å². The lowest BCUT2D eigenvalue weighted by atomic mass is 10.1. The minimum absolute atomic E-state index is 0.0892. The van der Waals surface area contributed by atoms with E-state index in [0.717, 1.165) is 22.1 Å². The maximum absolute atomic E-state index is 12.1. The molecule has 0 aromatic heterocycles. The number of nitrogens with one attached hydrogen (secondary N) is 2. The SMILES string of the molecule is CCc1ccccc1NC(=O)C/C(C)=N\NC(=O)COc1ccc(Br)cc1. The Kier molecular flexibility index (Phi) is 8.00. The molecule has 0 aliphatic rings. The van der Waals surface area contributed by atoms with Crippen LogP contribution in [0.1, 0.15) is 25.8 Å². The predicted octanol–water partition coefficient (Wildman–Crippen LogP) is 3.91. The molecule has 0 saturated carbocycles. The van der Waals surface area contributed by atoms with Gasteiger partial charge in [0.25, 0.3) is 5.91 Å². The molecule has 0 saturated heterocycles. The van der Waals surface area contributed by atoms with Crippen LogP contribution < -0.4 is 15.5 Å². The van der Waals surface area contributed by atoms with Gasteiger partial charge in [-0.1, -0.05) is 41.1 Å². The van der Waals surface area contributed by atoms with E-state index in [1.807, 2.05) is 43.3 Å². The summed E-state index contributed by atoms with van der Waals surface area (Å²) < 4.78 is 6.29. The highest BCUT2D eigenvalue weighted by Gasteiger charge is 2.08. The van der Waals surface area contributed by atoms with Crippen LogP contribution in [0.25, 0.3) is 0 Å². The molecule has 142 valence electrons. The summed E-state index contributed by atoms with van der Waals surface area (Å²) in [6.45, 7) is 3.55. The Labute approximate surface area is 167 Å². The average Bonchev–Trinajstić information content (AvgIpc) is 2.66. The van der Waals surface area contributed by atoms with Crippen molar-refractivity contribution in [2.75, 3.05) is 11.9 Å². The number of para-hydroxylation sites is 1. The normalized spacial score (nSPS) is 11.0. The number of hydrogen-bond donors (Lipinski definition) is 2. The van der Waals surface area contributed by atoms with E-state index in [4.69, 9.17) is 4.74 Å². The molecular weight excluding hydrogens is 410 g/mol. The minimum Gasteiger partial charge on any atom is -0.484 e. The molecule has 0 bridgehead atoms. The molecule has 0 heterocycles. The number of amides is 2. The second kappa shape index (κ2) is 10.5. The van der Waals surface area contributed by atoms with Gasteiger partial charge in [0, 0.05) is 15.9 Å². The third-order valence-corrected chi connectivity index (χ3v) is 4.17. The predicted molar refractivity (Wildman–Crippen MR) is 110 cm³/mol. The van der Waals surface area contributed by atoms with Gasteiger partial charge in [-0.05, 0) is 49.2 Å². The van der Waals surface area contributed by atoms with Gasteiger partial charge >= 0.3 is 0 Å². The minimum atomic E-state index is -0.394. The van der Waals surface area contributed by atoms with Gasteiger partial charge in [0.2, 0.25) is 5.91 Å².